The molecule has 0 aromatic rings. The molecule has 7 nitrogen and oxygen atoms in total. The Morgan fingerprint density at radius 1 is 1.32 bits per heavy atom. The van der Waals surface area contributed by atoms with Gasteiger partial charge in [-0.15, -0.1) is 0 Å². The first-order valence-corrected chi connectivity index (χ1v) is 6.29. The van der Waals surface area contributed by atoms with E-state index in [1.54, 1.807) is 6.92 Å². The molecule has 1 unspecified atom stereocenters. The van der Waals surface area contributed by atoms with Crippen molar-refractivity contribution >= 4 is 17.9 Å². The molecule has 0 aromatic heterocycles. The van der Waals surface area contributed by atoms with E-state index >= 15 is 0 Å². The van der Waals surface area contributed by atoms with E-state index in [0.717, 1.165) is 0 Å². The van der Waals surface area contributed by atoms with Crippen molar-refractivity contribution in [2.24, 2.45) is 5.92 Å². The van der Waals surface area contributed by atoms with Gasteiger partial charge in [-0.3, -0.25) is 4.79 Å². The van der Waals surface area contributed by atoms with E-state index in [-0.39, 0.29) is 18.4 Å². The lowest BCUT2D eigenvalue weighted by atomic mass is 10.1. The Labute approximate surface area is 113 Å². The zero-order valence-corrected chi connectivity index (χ0v) is 11.9. The summed E-state index contributed by atoms with van der Waals surface area (Å²) in [6.45, 7) is 3.77. The van der Waals surface area contributed by atoms with Crippen molar-refractivity contribution in [3.8, 4) is 0 Å². The van der Waals surface area contributed by atoms with E-state index in [1.165, 1.54) is 19.0 Å². The Morgan fingerprint density at radius 2 is 1.89 bits per heavy atom. The summed E-state index contributed by atoms with van der Waals surface area (Å²) in [5.74, 6) is -1.57. The molecule has 110 valence electrons. The van der Waals surface area contributed by atoms with Crippen LogP contribution in [0, 0.1) is 5.92 Å². The molecule has 0 bridgehead atoms. The van der Waals surface area contributed by atoms with Gasteiger partial charge in [0, 0.05) is 20.6 Å². The van der Waals surface area contributed by atoms with Crippen LogP contribution in [0.4, 0.5) is 4.79 Å². The summed E-state index contributed by atoms with van der Waals surface area (Å²) in [6.07, 6.45) is 1.04. The molecule has 0 rings (SSSR count). The van der Waals surface area contributed by atoms with Crippen molar-refractivity contribution in [3.05, 3.63) is 0 Å². The summed E-state index contributed by atoms with van der Waals surface area (Å²) in [6, 6.07) is -1.38. The fourth-order valence-electron chi connectivity index (χ4n) is 1.63. The third-order valence-corrected chi connectivity index (χ3v) is 2.76. The molecule has 3 amide bonds. The van der Waals surface area contributed by atoms with Gasteiger partial charge in [0.05, 0.1) is 5.92 Å². The molecule has 0 aromatic carbocycles. The Bertz CT molecular complexity index is 333. The van der Waals surface area contributed by atoms with Gasteiger partial charge >= 0.3 is 12.0 Å². The summed E-state index contributed by atoms with van der Waals surface area (Å²) < 4.78 is 0. The van der Waals surface area contributed by atoms with E-state index in [1.807, 2.05) is 6.92 Å². The Hall–Kier alpha value is -1.79. The van der Waals surface area contributed by atoms with Crippen molar-refractivity contribution in [2.45, 2.75) is 32.7 Å². The van der Waals surface area contributed by atoms with Gasteiger partial charge in [-0.05, 0) is 6.42 Å². The molecular weight excluding hydrogens is 250 g/mol. The largest absolute Gasteiger partial charge is 0.480 e. The highest BCUT2D eigenvalue weighted by Gasteiger charge is 2.22. The van der Waals surface area contributed by atoms with E-state index in [0.29, 0.717) is 12.8 Å². The number of nitrogens with zero attached hydrogens (tertiary/aromatic N) is 1. The number of carbonyl (C=O) groups excluding carboxylic acids is 2. The number of aliphatic carboxylic acids is 1. The van der Waals surface area contributed by atoms with Gasteiger partial charge in [-0.25, -0.2) is 9.59 Å². The molecule has 0 spiro atoms. The molecule has 0 fully saturated rings. The fraction of sp³-hybridized carbons (Fsp3) is 0.750. The summed E-state index contributed by atoms with van der Waals surface area (Å²) in [5, 5.41) is 13.9. The second kappa shape index (κ2) is 8.34. The first-order chi connectivity index (χ1) is 8.83. The summed E-state index contributed by atoms with van der Waals surface area (Å²) in [7, 11) is 3.06. The average molecular weight is 273 g/mol. The molecule has 0 radical (unpaired) electrons. The number of amides is 3. The molecule has 0 aliphatic carbocycles. The normalized spacial score (nSPS) is 13.3. The van der Waals surface area contributed by atoms with Gasteiger partial charge in [-0.1, -0.05) is 20.3 Å². The number of nitrogens with one attached hydrogen (secondary N) is 2. The molecule has 0 saturated heterocycles. The van der Waals surface area contributed by atoms with Crippen LogP contribution in [0.5, 0.6) is 0 Å². The monoisotopic (exact) mass is 273 g/mol. The molecular formula is C12H23N3O4. The second-order valence-electron chi connectivity index (χ2n) is 4.52. The van der Waals surface area contributed by atoms with Crippen LogP contribution in [-0.4, -0.2) is 54.6 Å². The minimum Gasteiger partial charge on any atom is -0.480 e. The van der Waals surface area contributed by atoms with Crippen LogP contribution >= 0.6 is 0 Å². The molecule has 0 aliphatic rings. The second-order valence-corrected chi connectivity index (χ2v) is 4.52. The predicted molar refractivity (Wildman–Crippen MR) is 70.7 cm³/mol. The van der Waals surface area contributed by atoms with Crippen molar-refractivity contribution in [3.63, 3.8) is 0 Å². The van der Waals surface area contributed by atoms with E-state index in [4.69, 9.17) is 5.11 Å². The predicted octanol–water partition coefficient (Wildman–Crippen LogP) is 0.263. The van der Waals surface area contributed by atoms with Gasteiger partial charge in [0.2, 0.25) is 5.91 Å². The van der Waals surface area contributed by atoms with Gasteiger partial charge < -0.3 is 20.6 Å². The van der Waals surface area contributed by atoms with Crippen molar-refractivity contribution in [1.82, 2.24) is 15.5 Å². The number of hydrogen-bond donors (Lipinski definition) is 3. The Balaban J connectivity index is 4.40. The van der Waals surface area contributed by atoms with Gasteiger partial charge in [-0.2, -0.15) is 0 Å². The molecule has 7 heteroatoms. The third-order valence-electron chi connectivity index (χ3n) is 2.76. The van der Waals surface area contributed by atoms with E-state index in [9.17, 15) is 14.4 Å². The Kier molecular flexibility index (Phi) is 7.55. The number of hydrogen-bond acceptors (Lipinski definition) is 3. The van der Waals surface area contributed by atoms with Crippen LogP contribution < -0.4 is 10.6 Å². The number of rotatable bonds is 7. The van der Waals surface area contributed by atoms with Crippen LogP contribution in [0.2, 0.25) is 0 Å². The topological polar surface area (TPSA) is 98.7 Å². The molecule has 2 atom stereocenters. The van der Waals surface area contributed by atoms with Crippen LogP contribution in [0.3, 0.4) is 0 Å². The van der Waals surface area contributed by atoms with Crippen LogP contribution in [0.25, 0.3) is 0 Å². The quantitative estimate of drug-likeness (QED) is 0.619. The summed E-state index contributed by atoms with van der Waals surface area (Å²) in [5.41, 5.74) is 0. The Morgan fingerprint density at radius 3 is 2.32 bits per heavy atom. The van der Waals surface area contributed by atoms with Crippen molar-refractivity contribution < 1.29 is 19.5 Å². The maximum atomic E-state index is 11.8. The van der Waals surface area contributed by atoms with Gasteiger partial charge in [0.1, 0.15) is 6.04 Å². The maximum Gasteiger partial charge on any atom is 0.326 e. The zero-order chi connectivity index (χ0) is 15.0. The lowest BCUT2D eigenvalue weighted by Gasteiger charge is -2.23. The van der Waals surface area contributed by atoms with Crippen LogP contribution in [-0.2, 0) is 9.59 Å². The summed E-state index contributed by atoms with van der Waals surface area (Å²) >= 11 is 0. The molecule has 0 heterocycles. The van der Waals surface area contributed by atoms with Gasteiger partial charge in [0.15, 0.2) is 0 Å². The standard InChI is InChI=1S/C12H23N3O4/c1-5-6-9(11(17)18)14-12(19)15(4)7-8(2)10(16)13-3/h8-9H,5-7H2,1-4H3,(H,13,16)(H,14,19)(H,17,18)/t8?,9-/m1/s1. The van der Waals surface area contributed by atoms with Crippen LogP contribution in [0.15, 0.2) is 0 Å². The SMILES string of the molecule is CCC[C@@H](NC(=O)N(C)CC(C)C(=O)NC)C(=O)O. The number of carboxylic acid groups (broad SMARTS) is 1. The minimum atomic E-state index is -1.05. The van der Waals surface area contributed by atoms with E-state index < -0.39 is 18.0 Å². The highest BCUT2D eigenvalue weighted by Crippen LogP contribution is 2.01. The van der Waals surface area contributed by atoms with Gasteiger partial charge in [0.25, 0.3) is 0 Å². The first kappa shape index (κ1) is 17.2. The van der Waals surface area contributed by atoms with Crippen molar-refractivity contribution in [1.29, 1.82) is 0 Å². The fourth-order valence-corrected chi connectivity index (χ4v) is 1.63. The number of carboxylic acids is 1. The molecule has 3 N–H and O–H groups in total. The molecule has 19 heavy (non-hydrogen) atoms. The lowest BCUT2D eigenvalue weighted by Crippen LogP contribution is -2.48. The third kappa shape index (κ3) is 6.08. The van der Waals surface area contributed by atoms with Crippen LogP contribution in [0.1, 0.15) is 26.7 Å². The first-order valence-electron chi connectivity index (χ1n) is 6.29. The number of carbonyl (C=O) groups is 3. The highest BCUT2D eigenvalue weighted by molar-refractivity contribution is 5.83. The minimum absolute atomic E-state index is 0.164. The molecule has 0 saturated carbocycles. The summed E-state index contributed by atoms with van der Waals surface area (Å²) in [4.78, 5) is 35.4. The lowest BCUT2D eigenvalue weighted by molar-refractivity contribution is -0.139. The zero-order valence-electron chi connectivity index (χ0n) is 11.9. The molecule has 0 aliphatic heterocycles. The number of urea groups is 1. The highest BCUT2D eigenvalue weighted by atomic mass is 16.4. The average Bonchev–Trinajstić information content (AvgIpc) is 2.36. The van der Waals surface area contributed by atoms with Crippen molar-refractivity contribution in [2.75, 3.05) is 20.6 Å². The van der Waals surface area contributed by atoms with E-state index in [2.05, 4.69) is 10.6 Å². The maximum absolute atomic E-state index is 11.8. The smallest absolute Gasteiger partial charge is 0.326 e.